The summed E-state index contributed by atoms with van der Waals surface area (Å²) in [6.07, 6.45) is 0. The second-order valence-corrected chi connectivity index (χ2v) is 3.85. The molecule has 1 aromatic rings. The molecule has 80 valence electrons. The molecule has 1 aromatic carbocycles. The van der Waals surface area contributed by atoms with Crippen LogP contribution in [-0.2, 0) is 0 Å². The Morgan fingerprint density at radius 2 is 2.07 bits per heavy atom. The van der Waals surface area contributed by atoms with Gasteiger partial charge in [-0.05, 0) is 12.1 Å². The number of benzene rings is 1. The number of nitrogens with one attached hydrogen (secondary N) is 1. The van der Waals surface area contributed by atoms with Crippen LogP contribution in [0.4, 0.5) is 0 Å². The van der Waals surface area contributed by atoms with Crippen LogP contribution in [0, 0.1) is 5.92 Å². The highest BCUT2D eigenvalue weighted by Crippen LogP contribution is 1.99. The van der Waals surface area contributed by atoms with Gasteiger partial charge < -0.3 is 11.1 Å². The van der Waals surface area contributed by atoms with E-state index >= 15 is 0 Å². The Morgan fingerprint density at radius 3 is 2.60 bits per heavy atom. The van der Waals surface area contributed by atoms with Gasteiger partial charge in [-0.25, -0.2) is 0 Å². The molecule has 0 aliphatic heterocycles. The predicted octanol–water partition coefficient (Wildman–Crippen LogP) is 1.34. The molecule has 1 rings (SSSR count). The van der Waals surface area contributed by atoms with Crippen molar-refractivity contribution in [2.24, 2.45) is 11.7 Å². The molecule has 3 N–H and O–H groups in total. The maximum atomic E-state index is 11.6. The third kappa shape index (κ3) is 3.67. The molecule has 0 saturated carbocycles. The van der Waals surface area contributed by atoms with Gasteiger partial charge in [-0.3, -0.25) is 4.79 Å². The van der Waals surface area contributed by atoms with Gasteiger partial charge in [0.2, 0.25) is 0 Å². The van der Waals surface area contributed by atoms with Crippen molar-refractivity contribution in [2.75, 3.05) is 6.54 Å². The molecule has 0 spiro atoms. The second-order valence-electron chi connectivity index (χ2n) is 3.38. The normalized spacial score (nSPS) is 11.8. The molecule has 0 saturated heterocycles. The lowest BCUT2D eigenvalue weighted by Crippen LogP contribution is -2.33. The molecule has 3 nitrogen and oxygen atoms in total. The minimum absolute atomic E-state index is 0.0210. The third-order valence-electron chi connectivity index (χ3n) is 2.09. The Morgan fingerprint density at radius 1 is 1.47 bits per heavy atom. The Hall–Kier alpha value is -1.42. The summed E-state index contributed by atoms with van der Waals surface area (Å²) in [4.78, 5) is 12.0. The van der Waals surface area contributed by atoms with Crippen LogP contribution in [0.3, 0.4) is 0 Å². The fourth-order valence-electron chi connectivity index (χ4n) is 1.04. The number of amides is 1. The van der Waals surface area contributed by atoms with E-state index in [-0.39, 0.29) is 11.8 Å². The lowest BCUT2D eigenvalue weighted by Gasteiger charge is -2.10. The molecular weight excluding hydrogens is 208 g/mol. The van der Waals surface area contributed by atoms with Crippen LogP contribution in [-0.4, -0.2) is 17.4 Å². The lowest BCUT2D eigenvalue weighted by molar-refractivity contribution is 0.0951. The standard InChI is InChI=1S/C11H14N2OS/c1-8(10(12)15)7-13-11(14)9-5-3-2-4-6-9/h2-6,8H,7H2,1H3,(H2,12,15)(H,13,14). The van der Waals surface area contributed by atoms with Crippen molar-refractivity contribution in [3.05, 3.63) is 35.9 Å². The quantitative estimate of drug-likeness (QED) is 0.756. The fourth-order valence-corrected chi connectivity index (χ4v) is 1.12. The molecule has 0 fully saturated rings. The Balaban J connectivity index is 2.47. The van der Waals surface area contributed by atoms with Crippen LogP contribution in [0.5, 0.6) is 0 Å². The minimum atomic E-state index is -0.0984. The number of nitrogens with two attached hydrogens (primary N) is 1. The first-order valence-corrected chi connectivity index (χ1v) is 5.14. The summed E-state index contributed by atoms with van der Waals surface area (Å²) in [5.74, 6) is -0.0774. The van der Waals surface area contributed by atoms with Crippen molar-refractivity contribution in [1.82, 2.24) is 5.32 Å². The van der Waals surface area contributed by atoms with E-state index < -0.39 is 0 Å². The molecule has 1 atom stereocenters. The lowest BCUT2D eigenvalue weighted by atomic mass is 10.1. The highest BCUT2D eigenvalue weighted by atomic mass is 32.1. The maximum Gasteiger partial charge on any atom is 0.251 e. The van der Waals surface area contributed by atoms with Gasteiger partial charge in [-0.1, -0.05) is 37.3 Å². The fraction of sp³-hybridized carbons (Fsp3) is 0.273. The summed E-state index contributed by atoms with van der Waals surface area (Å²) in [6, 6.07) is 9.05. The van der Waals surface area contributed by atoms with Crippen molar-refractivity contribution in [1.29, 1.82) is 0 Å². The van der Waals surface area contributed by atoms with Crippen molar-refractivity contribution in [3.8, 4) is 0 Å². The number of carbonyl (C=O) groups is 1. The van der Waals surface area contributed by atoms with Crippen molar-refractivity contribution >= 4 is 23.1 Å². The van der Waals surface area contributed by atoms with Crippen molar-refractivity contribution < 1.29 is 4.79 Å². The number of carbonyl (C=O) groups excluding carboxylic acids is 1. The molecule has 1 unspecified atom stereocenters. The van der Waals surface area contributed by atoms with Crippen LogP contribution < -0.4 is 11.1 Å². The topological polar surface area (TPSA) is 55.1 Å². The molecule has 0 heterocycles. The Bertz CT molecular complexity index is 351. The molecule has 15 heavy (non-hydrogen) atoms. The molecule has 0 radical (unpaired) electrons. The van der Waals surface area contributed by atoms with E-state index in [9.17, 15) is 4.79 Å². The van der Waals surface area contributed by atoms with Gasteiger partial charge in [-0.15, -0.1) is 0 Å². The smallest absolute Gasteiger partial charge is 0.251 e. The summed E-state index contributed by atoms with van der Waals surface area (Å²) in [5, 5.41) is 2.77. The summed E-state index contributed by atoms with van der Waals surface area (Å²) in [7, 11) is 0. The zero-order chi connectivity index (χ0) is 11.3. The van der Waals surface area contributed by atoms with E-state index in [1.807, 2.05) is 25.1 Å². The summed E-state index contributed by atoms with van der Waals surface area (Å²) < 4.78 is 0. The first kappa shape index (κ1) is 11.7. The van der Waals surface area contributed by atoms with Gasteiger partial charge in [0.1, 0.15) is 0 Å². The van der Waals surface area contributed by atoms with E-state index in [0.29, 0.717) is 17.1 Å². The van der Waals surface area contributed by atoms with Gasteiger partial charge in [0.05, 0.1) is 4.99 Å². The highest BCUT2D eigenvalue weighted by molar-refractivity contribution is 7.80. The number of hydrogen-bond acceptors (Lipinski definition) is 2. The van der Waals surface area contributed by atoms with Gasteiger partial charge >= 0.3 is 0 Å². The molecular formula is C11H14N2OS. The van der Waals surface area contributed by atoms with Crippen LogP contribution >= 0.6 is 12.2 Å². The third-order valence-corrected chi connectivity index (χ3v) is 2.49. The van der Waals surface area contributed by atoms with E-state index in [4.69, 9.17) is 18.0 Å². The first-order chi connectivity index (χ1) is 7.11. The van der Waals surface area contributed by atoms with Crippen molar-refractivity contribution in [2.45, 2.75) is 6.92 Å². The van der Waals surface area contributed by atoms with Crippen LogP contribution in [0.15, 0.2) is 30.3 Å². The number of rotatable bonds is 4. The average molecular weight is 222 g/mol. The molecule has 0 aliphatic rings. The van der Waals surface area contributed by atoms with E-state index in [2.05, 4.69) is 5.32 Å². The average Bonchev–Trinajstić information content (AvgIpc) is 2.26. The van der Waals surface area contributed by atoms with Crippen molar-refractivity contribution in [3.63, 3.8) is 0 Å². The maximum absolute atomic E-state index is 11.6. The minimum Gasteiger partial charge on any atom is -0.393 e. The molecule has 0 aromatic heterocycles. The highest BCUT2D eigenvalue weighted by Gasteiger charge is 2.08. The zero-order valence-electron chi connectivity index (χ0n) is 8.57. The summed E-state index contributed by atoms with van der Waals surface area (Å²) in [6.45, 7) is 2.36. The van der Waals surface area contributed by atoms with Crippen LogP contribution in [0.25, 0.3) is 0 Å². The van der Waals surface area contributed by atoms with Gasteiger partial charge in [0.25, 0.3) is 5.91 Å². The monoisotopic (exact) mass is 222 g/mol. The number of thiocarbonyl (C=S) groups is 1. The molecule has 1 amide bonds. The van der Waals surface area contributed by atoms with Crippen LogP contribution in [0.2, 0.25) is 0 Å². The predicted molar refractivity (Wildman–Crippen MR) is 64.7 cm³/mol. The largest absolute Gasteiger partial charge is 0.393 e. The summed E-state index contributed by atoms with van der Waals surface area (Å²) in [5.41, 5.74) is 6.09. The first-order valence-electron chi connectivity index (χ1n) is 4.74. The molecule has 4 heteroatoms. The van der Waals surface area contributed by atoms with E-state index in [1.54, 1.807) is 12.1 Å². The summed E-state index contributed by atoms with van der Waals surface area (Å²) >= 11 is 4.81. The van der Waals surface area contributed by atoms with Gasteiger partial charge in [-0.2, -0.15) is 0 Å². The second kappa shape index (κ2) is 5.46. The van der Waals surface area contributed by atoms with Gasteiger partial charge in [0, 0.05) is 18.0 Å². The Kier molecular flexibility index (Phi) is 4.24. The van der Waals surface area contributed by atoms with E-state index in [1.165, 1.54) is 0 Å². The molecule has 0 bridgehead atoms. The molecule has 0 aliphatic carbocycles. The number of hydrogen-bond donors (Lipinski definition) is 2. The van der Waals surface area contributed by atoms with E-state index in [0.717, 1.165) is 0 Å². The Labute approximate surface area is 94.7 Å². The zero-order valence-corrected chi connectivity index (χ0v) is 9.38. The van der Waals surface area contributed by atoms with Gasteiger partial charge in [0.15, 0.2) is 0 Å². The SMILES string of the molecule is CC(CNC(=O)c1ccccc1)C(N)=S. The van der Waals surface area contributed by atoms with Crippen LogP contribution in [0.1, 0.15) is 17.3 Å².